The second-order valence-corrected chi connectivity index (χ2v) is 5.98. The number of nitrogens with one attached hydrogen (secondary N) is 1. The van der Waals surface area contributed by atoms with E-state index in [1.54, 1.807) is 0 Å². The lowest BCUT2D eigenvalue weighted by Crippen LogP contribution is -2.12. The molecule has 0 aliphatic heterocycles. The van der Waals surface area contributed by atoms with E-state index in [4.69, 9.17) is 11.6 Å². The summed E-state index contributed by atoms with van der Waals surface area (Å²) < 4.78 is 0. The summed E-state index contributed by atoms with van der Waals surface area (Å²) in [6, 6.07) is 4.77. The highest BCUT2D eigenvalue weighted by Crippen LogP contribution is 2.34. The van der Waals surface area contributed by atoms with E-state index in [9.17, 15) is 0 Å². The van der Waals surface area contributed by atoms with Crippen molar-refractivity contribution in [3.8, 4) is 0 Å². The molecular formula is C15H24ClN. The van der Waals surface area contributed by atoms with Gasteiger partial charge in [-0.3, -0.25) is 0 Å². The summed E-state index contributed by atoms with van der Waals surface area (Å²) >= 11 is 6.35. The van der Waals surface area contributed by atoms with Crippen LogP contribution in [0.3, 0.4) is 0 Å². The maximum absolute atomic E-state index is 6.35. The third-order valence-electron chi connectivity index (χ3n) is 2.86. The first-order valence-electron chi connectivity index (χ1n) is 6.42. The zero-order chi connectivity index (χ0) is 13.2. The normalized spacial score (nSPS) is 11.6. The molecule has 0 fully saturated rings. The molecule has 0 spiro atoms. The first kappa shape index (κ1) is 14.4. The summed E-state index contributed by atoms with van der Waals surface area (Å²) in [4.78, 5) is 0. The molecule has 0 amide bonds. The first-order chi connectivity index (χ1) is 7.82. The number of hydrogen-bond acceptors (Lipinski definition) is 1. The molecule has 0 unspecified atom stereocenters. The van der Waals surface area contributed by atoms with Gasteiger partial charge in [-0.15, -0.1) is 0 Å². The summed E-state index contributed by atoms with van der Waals surface area (Å²) in [5.41, 5.74) is 3.75. The number of anilines is 1. The largest absolute Gasteiger partial charge is 0.383 e. The SMILES string of the molecule is CC(C)Nc1cc(C(C)C)c(Cl)cc1C(C)C. The average molecular weight is 254 g/mol. The minimum atomic E-state index is 0.439. The molecule has 1 aromatic rings. The molecule has 0 aromatic heterocycles. The molecule has 0 saturated heterocycles. The number of hydrogen-bond donors (Lipinski definition) is 1. The monoisotopic (exact) mass is 253 g/mol. The molecule has 17 heavy (non-hydrogen) atoms. The maximum atomic E-state index is 6.35. The molecule has 2 heteroatoms. The summed E-state index contributed by atoms with van der Waals surface area (Å²) in [7, 11) is 0. The Labute approximate surface area is 111 Å². The van der Waals surface area contributed by atoms with Crippen molar-refractivity contribution in [2.75, 3.05) is 5.32 Å². The fourth-order valence-electron chi connectivity index (χ4n) is 1.96. The second-order valence-electron chi connectivity index (χ2n) is 5.57. The van der Waals surface area contributed by atoms with E-state index in [0.29, 0.717) is 17.9 Å². The molecule has 0 atom stereocenters. The second kappa shape index (κ2) is 5.77. The Kier molecular flexibility index (Phi) is 4.88. The Hall–Kier alpha value is -0.690. The predicted molar refractivity (Wildman–Crippen MR) is 78.4 cm³/mol. The molecular weight excluding hydrogens is 230 g/mol. The highest BCUT2D eigenvalue weighted by atomic mass is 35.5. The first-order valence-corrected chi connectivity index (χ1v) is 6.80. The van der Waals surface area contributed by atoms with Gasteiger partial charge in [0.15, 0.2) is 0 Å². The zero-order valence-corrected chi connectivity index (χ0v) is 12.5. The third-order valence-corrected chi connectivity index (χ3v) is 3.18. The van der Waals surface area contributed by atoms with Crippen molar-refractivity contribution in [3.05, 3.63) is 28.3 Å². The Morgan fingerprint density at radius 2 is 1.41 bits per heavy atom. The smallest absolute Gasteiger partial charge is 0.0444 e. The van der Waals surface area contributed by atoms with Gasteiger partial charge in [0.05, 0.1) is 0 Å². The van der Waals surface area contributed by atoms with Crippen molar-refractivity contribution in [1.82, 2.24) is 0 Å². The standard InChI is InChI=1S/C15H24ClN/c1-9(2)12-8-15(17-11(5)6)13(10(3)4)7-14(12)16/h7-11,17H,1-6H3. The molecule has 0 radical (unpaired) electrons. The lowest BCUT2D eigenvalue weighted by Gasteiger charge is -2.20. The lowest BCUT2D eigenvalue weighted by atomic mass is 9.94. The highest BCUT2D eigenvalue weighted by Gasteiger charge is 2.13. The van der Waals surface area contributed by atoms with Crippen molar-refractivity contribution in [3.63, 3.8) is 0 Å². The van der Waals surface area contributed by atoms with E-state index in [1.807, 2.05) is 0 Å². The topological polar surface area (TPSA) is 12.0 Å². The van der Waals surface area contributed by atoms with Gasteiger partial charge >= 0.3 is 0 Å². The van der Waals surface area contributed by atoms with Gasteiger partial charge in [-0.25, -0.2) is 0 Å². The molecule has 0 bridgehead atoms. The molecule has 96 valence electrons. The van der Waals surface area contributed by atoms with Crippen molar-refractivity contribution >= 4 is 17.3 Å². The van der Waals surface area contributed by atoms with E-state index in [1.165, 1.54) is 16.8 Å². The van der Waals surface area contributed by atoms with E-state index >= 15 is 0 Å². The molecule has 1 aromatic carbocycles. The van der Waals surface area contributed by atoms with Crippen molar-refractivity contribution < 1.29 is 0 Å². The van der Waals surface area contributed by atoms with Crippen LogP contribution in [0.2, 0.25) is 5.02 Å². The van der Waals surface area contributed by atoms with E-state index in [-0.39, 0.29) is 0 Å². The molecule has 0 aliphatic rings. The van der Waals surface area contributed by atoms with Crippen molar-refractivity contribution in [1.29, 1.82) is 0 Å². The van der Waals surface area contributed by atoms with Gasteiger partial charge in [0, 0.05) is 16.8 Å². The Bertz CT molecular complexity index is 381. The lowest BCUT2D eigenvalue weighted by molar-refractivity contribution is 0.831. The van der Waals surface area contributed by atoms with Gasteiger partial charge in [-0.05, 0) is 48.9 Å². The number of rotatable bonds is 4. The molecule has 0 heterocycles. The Morgan fingerprint density at radius 3 is 1.82 bits per heavy atom. The van der Waals surface area contributed by atoms with Crippen LogP contribution < -0.4 is 5.32 Å². The molecule has 0 saturated carbocycles. The van der Waals surface area contributed by atoms with E-state index in [2.05, 4.69) is 59.0 Å². The summed E-state index contributed by atoms with van der Waals surface area (Å²) in [6.45, 7) is 13.1. The van der Waals surface area contributed by atoms with Gasteiger partial charge in [-0.2, -0.15) is 0 Å². The maximum Gasteiger partial charge on any atom is 0.0444 e. The molecule has 1 rings (SSSR count). The van der Waals surface area contributed by atoms with Crippen LogP contribution in [0.15, 0.2) is 12.1 Å². The van der Waals surface area contributed by atoms with E-state index < -0.39 is 0 Å². The third kappa shape index (κ3) is 3.64. The van der Waals surface area contributed by atoms with Gasteiger partial charge in [0.1, 0.15) is 0 Å². The predicted octanol–water partition coefficient (Wildman–Crippen LogP) is 5.41. The molecule has 1 nitrogen and oxygen atoms in total. The van der Waals surface area contributed by atoms with Gasteiger partial charge in [0.2, 0.25) is 0 Å². The van der Waals surface area contributed by atoms with E-state index in [0.717, 1.165) is 5.02 Å². The Morgan fingerprint density at radius 1 is 0.882 bits per heavy atom. The van der Waals surface area contributed by atoms with Gasteiger partial charge in [0.25, 0.3) is 0 Å². The Balaban J connectivity index is 3.26. The quantitative estimate of drug-likeness (QED) is 0.757. The van der Waals surface area contributed by atoms with Crippen LogP contribution in [-0.4, -0.2) is 6.04 Å². The van der Waals surface area contributed by atoms with Crippen molar-refractivity contribution in [2.24, 2.45) is 0 Å². The van der Waals surface area contributed by atoms with Crippen LogP contribution in [-0.2, 0) is 0 Å². The van der Waals surface area contributed by atoms with Gasteiger partial charge < -0.3 is 5.32 Å². The molecule has 0 aliphatic carbocycles. The zero-order valence-electron chi connectivity index (χ0n) is 11.8. The minimum absolute atomic E-state index is 0.439. The average Bonchev–Trinajstić information content (AvgIpc) is 2.18. The summed E-state index contributed by atoms with van der Waals surface area (Å²) in [6.07, 6.45) is 0. The van der Waals surface area contributed by atoms with Gasteiger partial charge in [-0.1, -0.05) is 39.3 Å². The van der Waals surface area contributed by atoms with Crippen LogP contribution in [0.25, 0.3) is 0 Å². The summed E-state index contributed by atoms with van der Waals surface area (Å²) in [5.74, 6) is 0.936. The molecule has 1 N–H and O–H groups in total. The highest BCUT2D eigenvalue weighted by molar-refractivity contribution is 6.31. The number of halogens is 1. The van der Waals surface area contributed by atoms with Crippen LogP contribution in [0.1, 0.15) is 64.5 Å². The summed E-state index contributed by atoms with van der Waals surface area (Å²) in [5, 5.41) is 4.41. The van der Waals surface area contributed by atoms with Crippen LogP contribution in [0.5, 0.6) is 0 Å². The van der Waals surface area contributed by atoms with Crippen molar-refractivity contribution in [2.45, 2.75) is 59.4 Å². The number of benzene rings is 1. The van der Waals surface area contributed by atoms with Crippen LogP contribution in [0.4, 0.5) is 5.69 Å². The van der Waals surface area contributed by atoms with Crippen LogP contribution in [0, 0.1) is 0 Å². The minimum Gasteiger partial charge on any atom is -0.383 e. The van der Waals surface area contributed by atoms with Crippen LogP contribution >= 0.6 is 11.6 Å². The fraction of sp³-hybridized carbons (Fsp3) is 0.600. The fourth-order valence-corrected chi connectivity index (χ4v) is 2.35.